The molecule has 0 radical (unpaired) electrons. The van der Waals surface area contributed by atoms with Gasteiger partial charge in [-0.05, 0) is 12.1 Å². The van der Waals surface area contributed by atoms with Crippen molar-refractivity contribution in [1.29, 1.82) is 0 Å². The van der Waals surface area contributed by atoms with E-state index in [9.17, 15) is 5.11 Å². The fourth-order valence-electron chi connectivity index (χ4n) is 1.47. The molecule has 1 heterocycles. The molecule has 0 aliphatic carbocycles. The molecule has 2 rings (SSSR count). The van der Waals surface area contributed by atoms with E-state index in [4.69, 9.17) is 17.3 Å². The second kappa shape index (κ2) is 4.14. The first-order valence-corrected chi connectivity index (χ1v) is 5.03. The number of nitrogens with two attached hydrogens (primary N) is 1. The van der Waals surface area contributed by atoms with E-state index in [-0.39, 0.29) is 6.54 Å². The van der Waals surface area contributed by atoms with Crippen molar-refractivity contribution in [2.24, 2.45) is 5.73 Å². The highest BCUT2D eigenvalue weighted by molar-refractivity contribution is 6.30. The normalized spacial score (nSPS) is 13.0. The smallest absolute Gasteiger partial charge is 0.135 e. The molecule has 3 nitrogen and oxygen atoms in total. The van der Waals surface area contributed by atoms with E-state index < -0.39 is 6.10 Å². The van der Waals surface area contributed by atoms with Gasteiger partial charge in [-0.3, -0.25) is 0 Å². The number of aliphatic hydroxyl groups excluding tert-OH is 1. The largest absolute Gasteiger partial charge is 0.387 e. The van der Waals surface area contributed by atoms with Crippen LogP contribution in [0, 0.1) is 0 Å². The zero-order valence-corrected chi connectivity index (χ0v) is 8.78. The third-order valence-corrected chi connectivity index (χ3v) is 2.59. The van der Waals surface area contributed by atoms with Crippen molar-refractivity contribution < 1.29 is 5.11 Å². The average molecular weight is 223 g/mol. The summed E-state index contributed by atoms with van der Waals surface area (Å²) in [5.74, 6) is 0. The van der Waals surface area contributed by atoms with Crippen molar-refractivity contribution in [2.75, 3.05) is 6.54 Å². The van der Waals surface area contributed by atoms with E-state index in [1.54, 1.807) is 0 Å². The number of benzene rings is 1. The highest BCUT2D eigenvalue weighted by Crippen LogP contribution is 2.24. The molecule has 0 saturated heterocycles. The number of fused-ring (bicyclic) bond motifs is 1. The van der Waals surface area contributed by atoms with Gasteiger partial charge in [0, 0.05) is 17.5 Å². The molecule has 15 heavy (non-hydrogen) atoms. The second-order valence-corrected chi connectivity index (χ2v) is 3.67. The van der Waals surface area contributed by atoms with Crippen molar-refractivity contribution in [3.05, 3.63) is 41.0 Å². The van der Waals surface area contributed by atoms with E-state index in [1.165, 1.54) is 0 Å². The average Bonchev–Trinajstić information content (AvgIpc) is 2.27. The SMILES string of the molecule is NC[C@@H](O)c1cc2ccccc2nc1Cl. The Bertz CT molecular complexity index is 487. The minimum absolute atomic E-state index is 0.139. The molecule has 3 N–H and O–H groups in total. The van der Waals surface area contributed by atoms with Crippen LogP contribution in [0.5, 0.6) is 0 Å². The lowest BCUT2D eigenvalue weighted by molar-refractivity contribution is 0.186. The summed E-state index contributed by atoms with van der Waals surface area (Å²) in [5, 5.41) is 10.9. The Hall–Kier alpha value is -1.16. The molecule has 0 fully saturated rings. The summed E-state index contributed by atoms with van der Waals surface area (Å²) < 4.78 is 0. The maximum atomic E-state index is 9.62. The molecule has 0 aliphatic rings. The third kappa shape index (κ3) is 1.95. The van der Waals surface area contributed by atoms with Crippen LogP contribution in [0.25, 0.3) is 10.9 Å². The fraction of sp³-hybridized carbons (Fsp3) is 0.182. The van der Waals surface area contributed by atoms with E-state index in [0.29, 0.717) is 10.7 Å². The predicted octanol–water partition coefficient (Wildman–Crippen LogP) is 1.88. The number of pyridine rings is 1. The van der Waals surface area contributed by atoms with Gasteiger partial charge >= 0.3 is 0 Å². The lowest BCUT2D eigenvalue weighted by Gasteiger charge is -2.10. The molecule has 0 saturated carbocycles. The monoisotopic (exact) mass is 222 g/mol. The summed E-state index contributed by atoms with van der Waals surface area (Å²) in [6.45, 7) is 0.139. The molecule has 2 aromatic rings. The lowest BCUT2D eigenvalue weighted by Crippen LogP contribution is -2.12. The van der Waals surface area contributed by atoms with Crippen molar-refractivity contribution in [3.63, 3.8) is 0 Å². The Balaban J connectivity index is 2.61. The summed E-state index contributed by atoms with van der Waals surface area (Å²) >= 11 is 5.95. The van der Waals surface area contributed by atoms with Crippen LogP contribution in [0.15, 0.2) is 30.3 Å². The Kier molecular flexibility index (Phi) is 2.86. The van der Waals surface area contributed by atoms with Crippen molar-refractivity contribution in [3.8, 4) is 0 Å². The molecule has 0 spiro atoms. The third-order valence-electron chi connectivity index (χ3n) is 2.29. The summed E-state index contributed by atoms with van der Waals surface area (Å²) in [6.07, 6.45) is -0.755. The molecule has 0 amide bonds. The topological polar surface area (TPSA) is 59.1 Å². The van der Waals surface area contributed by atoms with E-state index in [1.807, 2.05) is 30.3 Å². The van der Waals surface area contributed by atoms with Crippen molar-refractivity contribution in [2.45, 2.75) is 6.10 Å². The quantitative estimate of drug-likeness (QED) is 0.763. The predicted molar refractivity (Wildman–Crippen MR) is 60.8 cm³/mol. The maximum Gasteiger partial charge on any atom is 0.135 e. The van der Waals surface area contributed by atoms with Gasteiger partial charge in [0.25, 0.3) is 0 Å². The minimum atomic E-state index is -0.755. The molecule has 1 atom stereocenters. The highest BCUT2D eigenvalue weighted by Gasteiger charge is 2.11. The van der Waals surface area contributed by atoms with Crippen molar-refractivity contribution >= 4 is 22.5 Å². The van der Waals surface area contributed by atoms with Gasteiger partial charge in [-0.25, -0.2) is 4.98 Å². The molecule has 78 valence electrons. The first-order chi connectivity index (χ1) is 7.22. The molecule has 0 bridgehead atoms. The van der Waals surface area contributed by atoms with Crippen LogP contribution in [-0.4, -0.2) is 16.6 Å². The molecule has 1 aromatic carbocycles. The van der Waals surface area contributed by atoms with Crippen LogP contribution in [0.2, 0.25) is 5.15 Å². The number of hydrogen-bond donors (Lipinski definition) is 2. The standard InChI is InChI=1S/C11H11ClN2O/c12-11-8(10(15)6-13)5-7-3-1-2-4-9(7)14-11/h1-5,10,15H,6,13H2/t10-/m1/s1. The fourth-order valence-corrected chi connectivity index (χ4v) is 1.74. The highest BCUT2D eigenvalue weighted by atomic mass is 35.5. The van der Waals surface area contributed by atoms with Gasteiger partial charge < -0.3 is 10.8 Å². The minimum Gasteiger partial charge on any atom is -0.387 e. The van der Waals surface area contributed by atoms with Crippen LogP contribution >= 0.6 is 11.6 Å². The Morgan fingerprint density at radius 3 is 2.87 bits per heavy atom. The zero-order valence-electron chi connectivity index (χ0n) is 8.02. The lowest BCUT2D eigenvalue weighted by atomic mass is 10.1. The Labute approximate surface area is 92.5 Å². The molecule has 0 unspecified atom stereocenters. The van der Waals surface area contributed by atoms with Crippen molar-refractivity contribution in [1.82, 2.24) is 4.98 Å². The van der Waals surface area contributed by atoms with Gasteiger partial charge in [-0.15, -0.1) is 0 Å². The first-order valence-electron chi connectivity index (χ1n) is 4.65. The zero-order chi connectivity index (χ0) is 10.8. The molecular formula is C11H11ClN2O. The first kappa shape index (κ1) is 10.4. The number of halogens is 1. The maximum absolute atomic E-state index is 9.62. The number of nitrogens with zero attached hydrogens (tertiary/aromatic N) is 1. The van der Waals surface area contributed by atoms with Crippen LogP contribution in [0.4, 0.5) is 0 Å². The molecule has 4 heteroatoms. The Morgan fingerprint density at radius 1 is 1.40 bits per heavy atom. The van der Waals surface area contributed by atoms with Crippen LogP contribution in [0.1, 0.15) is 11.7 Å². The van der Waals surface area contributed by atoms with E-state index >= 15 is 0 Å². The van der Waals surface area contributed by atoms with Gasteiger partial charge in [-0.1, -0.05) is 29.8 Å². The van der Waals surface area contributed by atoms with Gasteiger partial charge in [0.05, 0.1) is 11.6 Å². The van der Waals surface area contributed by atoms with Gasteiger partial charge in [0.2, 0.25) is 0 Å². The van der Waals surface area contributed by atoms with Gasteiger partial charge in [0.15, 0.2) is 0 Å². The number of hydrogen-bond acceptors (Lipinski definition) is 3. The van der Waals surface area contributed by atoms with Crippen LogP contribution < -0.4 is 5.73 Å². The number of para-hydroxylation sites is 1. The number of aromatic nitrogens is 1. The van der Waals surface area contributed by atoms with Crippen LogP contribution in [0.3, 0.4) is 0 Å². The molecule has 1 aromatic heterocycles. The Morgan fingerprint density at radius 2 is 2.13 bits per heavy atom. The molecule has 0 aliphatic heterocycles. The van der Waals surface area contributed by atoms with Gasteiger partial charge in [-0.2, -0.15) is 0 Å². The summed E-state index contributed by atoms with van der Waals surface area (Å²) in [7, 11) is 0. The summed E-state index contributed by atoms with van der Waals surface area (Å²) in [6, 6.07) is 9.43. The summed E-state index contributed by atoms with van der Waals surface area (Å²) in [4.78, 5) is 4.19. The van der Waals surface area contributed by atoms with E-state index in [0.717, 1.165) is 10.9 Å². The number of aliphatic hydroxyl groups is 1. The second-order valence-electron chi connectivity index (χ2n) is 3.31. The van der Waals surface area contributed by atoms with Crippen LogP contribution in [-0.2, 0) is 0 Å². The number of rotatable bonds is 2. The molecular weight excluding hydrogens is 212 g/mol. The van der Waals surface area contributed by atoms with Gasteiger partial charge in [0.1, 0.15) is 5.15 Å². The van der Waals surface area contributed by atoms with E-state index in [2.05, 4.69) is 4.98 Å². The summed E-state index contributed by atoms with van der Waals surface area (Å²) in [5.41, 5.74) is 6.78.